The maximum absolute atomic E-state index is 12.2. The molecule has 3 N–H and O–H groups in total. The number of nitrogens with one attached hydrogen (secondary N) is 1. The van der Waals surface area contributed by atoms with Crippen LogP contribution in [0, 0.1) is 5.92 Å². The molecule has 1 amide bonds. The summed E-state index contributed by atoms with van der Waals surface area (Å²) in [6, 6.07) is 45.0. The number of ether oxygens (including phenoxy) is 2. The lowest BCUT2D eigenvalue weighted by atomic mass is 9.89. The average molecular weight is 699 g/mol. The Kier molecular flexibility index (Phi) is 12.6. The van der Waals surface area contributed by atoms with E-state index in [1.807, 2.05) is 84.9 Å². The zero-order valence-corrected chi connectivity index (χ0v) is 29.4. The van der Waals surface area contributed by atoms with Gasteiger partial charge in [-0.2, -0.15) is 0 Å². The first-order chi connectivity index (χ1) is 25.4. The number of carbonyl (C=O) groups is 2. The number of nitrogens with zero attached hydrogens (tertiary/aromatic N) is 1. The van der Waals surface area contributed by atoms with E-state index in [0.717, 1.165) is 46.5 Å². The number of hydrogen-bond donors (Lipinski definition) is 3. The van der Waals surface area contributed by atoms with Crippen LogP contribution >= 0.6 is 0 Å². The molecule has 0 aliphatic carbocycles. The highest BCUT2D eigenvalue weighted by atomic mass is 16.7. The Balaban J connectivity index is 1.25. The molecule has 1 aliphatic rings. The monoisotopic (exact) mass is 698 g/mol. The van der Waals surface area contributed by atoms with Crippen molar-refractivity contribution in [1.29, 1.82) is 0 Å². The summed E-state index contributed by atoms with van der Waals surface area (Å²) in [5, 5.41) is 21.5. The van der Waals surface area contributed by atoms with Crippen molar-refractivity contribution >= 4 is 11.9 Å². The third-order valence-electron chi connectivity index (χ3n) is 9.61. The number of aliphatic hydroxyl groups is 1. The smallest absolute Gasteiger partial charge is 0.303 e. The molecule has 1 aliphatic heterocycles. The number of aliphatic carboxylic acids is 1. The normalized spacial score (nSPS) is 18.6. The SMILES string of the molecule is CC1C(CN(Cc2ccccc2)Cc2ccccc2)OC(c2ccc(-c3ccccc3CNC(=O)CCC(=O)O)cc2)OC1c1ccc(CO)cc1. The quantitative estimate of drug-likeness (QED) is 0.102. The lowest BCUT2D eigenvalue weighted by Crippen LogP contribution is -2.44. The van der Waals surface area contributed by atoms with Crippen molar-refractivity contribution in [3.8, 4) is 11.1 Å². The molecule has 4 unspecified atom stereocenters. The summed E-state index contributed by atoms with van der Waals surface area (Å²) in [5.41, 5.74) is 8.15. The van der Waals surface area contributed by atoms with Crippen LogP contribution in [0.2, 0.25) is 0 Å². The van der Waals surface area contributed by atoms with Crippen LogP contribution < -0.4 is 5.32 Å². The molecule has 5 aromatic carbocycles. The molecule has 0 saturated carbocycles. The molecule has 8 heteroatoms. The number of benzene rings is 5. The Hall–Kier alpha value is -5.12. The van der Waals surface area contributed by atoms with Gasteiger partial charge in [-0.05, 0) is 38.9 Å². The van der Waals surface area contributed by atoms with Crippen molar-refractivity contribution in [3.05, 3.63) is 167 Å². The lowest BCUT2D eigenvalue weighted by molar-refractivity contribution is -0.276. The van der Waals surface area contributed by atoms with Crippen LogP contribution in [0.5, 0.6) is 0 Å². The standard InChI is InChI=1S/C44H46N2O6/c1-31-40(29-46(27-32-10-4-2-5-11-32)28-33-12-6-3-7-13-33)51-44(52-43(31)36-18-16-34(30-47)17-19-36)37-22-20-35(21-23-37)39-15-9-8-14-38(39)26-45-41(48)24-25-42(49)50/h2-23,31,40,43-44,47H,24-30H2,1H3,(H,45,48)(H,49,50). The summed E-state index contributed by atoms with van der Waals surface area (Å²) in [5.74, 6) is -1.26. The van der Waals surface area contributed by atoms with Crippen LogP contribution in [-0.4, -0.2) is 39.6 Å². The molecule has 4 atom stereocenters. The van der Waals surface area contributed by atoms with Crippen LogP contribution in [0.3, 0.4) is 0 Å². The molecule has 1 heterocycles. The molecule has 0 aromatic heterocycles. The second kappa shape index (κ2) is 17.9. The van der Waals surface area contributed by atoms with Gasteiger partial charge >= 0.3 is 5.97 Å². The minimum atomic E-state index is -0.995. The maximum Gasteiger partial charge on any atom is 0.303 e. The second-order valence-corrected chi connectivity index (χ2v) is 13.4. The predicted molar refractivity (Wildman–Crippen MR) is 201 cm³/mol. The number of amides is 1. The Morgan fingerprint density at radius 3 is 1.90 bits per heavy atom. The highest BCUT2D eigenvalue weighted by Gasteiger charge is 2.39. The molecule has 1 fully saturated rings. The van der Waals surface area contributed by atoms with Gasteiger partial charge in [0, 0.05) is 44.1 Å². The number of carboxylic acids is 1. The van der Waals surface area contributed by atoms with Crippen molar-refractivity contribution in [2.45, 2.75) is 64.5 Å². The highest BCUT2D eigenvalue weighted by molar-refractivity contribution is 5.80. The molecular weight excluding hydrogens is 652 g/mol. The van der Waals surface area contributed by atoms with E-state index >= 15 is 0 Å². The molecule has 6 rings (SSSR count). The van der Waals surface area contributed by atoms with Crippen LogP contribution in [0.1, 0.15) is 65.5 Å². The van der Waals surface area contributed by atoms with Crippen molar-refractivity contribution in [2.24, 2.45) is 5.92 Å². The van der Waals surface area contributed by atoms with Gasteiger partial charge in [-0.25, -0.2) is 0 Å². The van der Waals surface area contributed by atoms with Gasteiger partial charge in [0.2, 0.25) is 5.91 Å². The summed E-state index contributed by atoms with van der Waals surface area (Å²) in [7, 11) is 0. The van der Waals surface area contributed by atoms with E-state index in [9.17, 15) is 14.7 Å². The zero-order chi connectivity index (χ0) is 36.3. The second-order valence-electron chi connectivity index (χ2n) is 13.4. The molecule has 5 aromatic rings. The highest BCUT2D eigenvalue weighted by Crippen LogP contribution is 2.42. The zero-order valence-electron chi connectivity index (χ0n) is 29.4. The number of carboxylic acid groups (broad SMARTS) is 1. The Morgan fingerprint density at radius 2 is 1.29 bits per heavy atom. The first kappa shape index (κ1) is 36.7. The van der Waals surface area contributed by atoms with Crippen molar-refractivity contribution in [2.75, 3.05) is 6.54 Å². The van der Waals surface area contributed by atoms with Crippen LogP contribution in [0.4, 0.5) is 0 Å². The van der Waals surface area contributed by atoms with E-state index in [1.165, 1.54) is 11.1 Å². The summed E-state index contributed by atoms with van der Waals surface area (Å²) in [4.78, 5) is 25.6. The van der Waals surface area contributed by atoms with Crippen LogP contribution in [0.25, 0.3) is 11.1 Å². The minimum Gasteiger partial charge on any atom is -0.481 e. The van der Waals surface area contributed by atoms with Gasteiger partial charge in [-0.3, -0.25) is 14.5 Å². The summed E-state index contributed by atoms with van der Waals surface area (Å²) < 4.78 is 13.6. The number of carbonyl (C=O) groups excluding carboxylic acids is 1. The van der Waals surface area contributed by atoms with E-state index in [0.29, 0.717) is 13.1 Å². The van der Waals surface area contributed by atoms with Gasteiger partial charge in [0.05, 0.1) is 25.2 Å². The van der Waals surface area contributed by atoms with Crippen molar-refractivity contribution in [3.63, 3.8) is 0 Å². The molecule has 8 nitrogen and oxygen atoms in total. The third kappa shape index (κ3) is 9.80. The third-order valence-corrected chi connectivity index (χ3v) is 9.61. The van der Waals surface area contributed by atoms with Gasteiger partial charge in [0.15, 0.2) is 6.29 Å². The largest absolute Gasteiger partial charge is 0.481 e. The van der Waals surface area contributed by atoms with Gasteiger partial charge in [0.25, 0.3) is 0 Å². The van der Waals surface area contributed by atoms with Crippen molar-refractivity contribution in [1.82, 2.24) is 10.2 Å². The van der Waals surface area contributed by atoms with Gasteiger partial charge in [-0.1, -0.05) is 140 Å². The predicted octanol–water partition coefficient (Wildman–Crippen LogP) is 7.82. The Morgan fingerprint density at radius 1 is 0.692 bits per heavy atom. The van der Waals surface area contributed by atoms with Crippen molar-refractivity contribution < 1.29 is 29.3 Å². The molecule has 0 bridgehead atoms. The lowest BCUT2D eigenvalue weighted by Gasteiger charge is -2.43. The maximum atomic E-state index is 12.2. The van der Waals surface area contributed by atoms with E-state index in [2.05, 4.69) is 65.7 Å². The topological polar surface area (TPSA) is 108 Å². The number of rotatable bonds is 15. The van der Waals surface area contributed by atoms with E-state index in [-0.39, 0.29) is 43.5 Å². The van der Waals surface area contributed by atoms with Gasteiger partial charge < -0.3 is 25.0 Å². The minimum absolute atomic E-state index is 0.0176. The fraction of sp³-hybridized carbons (Fsp3) is 0.273. The van der Waals surface area contributed by atoms with Crippen LogP contribution in [0.15, 0.2) is 133 Å². The summed E-state index contributed by atoms with van der Waals surface area (Å²) in [6.07, 6.45) is -1.27. The first-order valence-electron chi connectivity index (χ1n) is 17.8. The molecule has 0 radical (unpaired) electrons. The number of aliphatic hydroxyl groups excluding tert-OH is 1. The summed E-state index contributed by atoms with van der Waals surface area (Å²) >= 11 is 0. The average Bonchev–Trinajstić information content (AvgIpc) is 3.18. The van der Waals surface area contributed by atoms with Crippen LogP contribution in [-0.2, 0) is 45.3 Å². The molecule has 1 saturated heterocycles. The number of hydrogen-bond acceptors (Lipinski definition) is 6. The molecule has 0 spiro atoms. The first-order valence-corrected chi connectivity index (χ1v) is 17.8. The van der Waals surface area contributed by atoms with E-state index in [1.54, 1.807) is 0 Å². The fourth-order valence-electron chi connectivity index (χ4n) is 6.73. The van der Waals surface area contributed by atoms with Gasteiger partial charge in [0.1, 0.15) is 0 Å². The van der Waals surface area contributed by atoms with Gasteiger partial charge in [-0.15, -0.1) is 0 Å². The fourth-order valence-corrected chi connectivity index (χ4v) is 6.73. The van der Waals surface area contributed by atoms with E-state index in [4.69, 9.17) is 14.6 Å². The Bertz CT molecular complexity index is 1840. The molecule has 52 heavy (non-hydrogen) atoms. The molecular formula is C44H46N2O6. The molecule has 268 valence electrons. The Labute approximate surface area is 305 Å². The summed E-state index contributed by atoms with van der Waals surface area (Å²) in [6.45, 7) is 4.71. The van der Waals surface area contributed by atoms with E-state index < -0.39 is 12.3 Å².